The van der Waals surface area contributed by atoms with Gasteiger partial charge in [-0.1, -0.05) is 6.07 Å². The van der Waals surface area contributed by atoms with Crippen molar-refractivity contribution in [3.8, 4) is 6.19 Å². The molecule has 0 saturated heterocycles. The summed E-state index contributed by atoms with van der Waals surface area (Å²) in [5.41, 5.74) is 5.12. The zero-order chi connectivity index (χ0) is 10.6. The van der Waals surface area contributed by atoms with E-state index in [0.717, 1.165) is 11.3 Å². The van der Waals surface area contributed by atoms with E-state index in [9.17, 15) is 8.42 Å². The minimum atomic E-state index is -3.77. The maximum Gasteiger partial charge on any atom is 0.295 e. The van der Waals surface area contributed by atoms with E-state index in [1.807, 2.05) is 5.32 Å². The number of hydrogen-bond donors (Lipinski definition) is 2. The summed E-state index contributed by atoms with van der Waals surface area (Å²) in [5.74, 6) is -0.444. The predicted molar refractivity (Wildman–Crippen MR) is 51.9 cm³/mol. The molecule has 0 spiro atoms. The van der Waals surface area contributed by atoms with Crippen molar-refractivity contribution in [2.24, 2.45) is 10.1 Å². The van der Waals surface area contributed by atoms with E-state index in [2.05, 4.69) is 4.40 Å². The molecule has 1 aromatic heterocycles. The second-order valence-corrected chi connectivity index (χ2v) is 4.90. The van der Waals surface area contributed by atoms with Gasteiger partial charge in [-0.05, 0) is 11.4 Å². The summed E-state index contributed by atoms with van der Waals surface area (Å²) in [7, 11) is -3.77. The van der Waals surface area contributed by atoms with Crippen LogP contribution in [-0.4, -0.2) is 14.4 Å². The van der Waals surface area contributed by atoms with Gasteiger partial charge in [0.1, 0.15) is 4.21 Å². The first-order chi connectivity index (χ1) is 6.56. The largest absolute Gasteiger partial charge is 0.368 e. The number of nitrogens with two attached hydrogens (primary N) is 1. The number of nitrogens with zero attached hydrogens (tertiary/aromatic N) is 2. The van der Waals surface area contributed by atoms with E-state index in [1.54, 1.807) is 11.4 Å². The average molecular weight is 230 g/mol. The van der Waals surface area contributed by atoms with Crippen molar-refractivity contribution in [2.45, 2.75) is 4.21 Å². The Morgan fingerprint density at radius 3 is 2.93 bits per heavy atom. The average Bonchev–Trinajstić information content (AvgIpc) is 2.54. The molecular weight excluding hydrogens is 224 g/mol. The number of hydrogen-bond acceptors (Lipinski definition) is 4. The van der Waals surface area contributed by atoms with Crippen LogP contribution in [0.1, 0.15) is 0 Å². The molecule has 14 heavy (non-hydrogen) atoms. The smallest absolute Gasteiger partial charge is 0.295 e. The molecule has 1 aromatic rings. The first-order valence-electron chi connectivity index (χ1n) is 3.35. The molecule has 0 saturated carbocycles. The minimum Gasteiger partial charge on any atom is -0.368 e. The zero-order valence-electron chi connectivity index (χ0n) is 6.84. The summed E-state index contributed by atoms with van der Waals surface area (Å²) in [6.45, 7) is 0. The number of nitriles is 1. The van der Waals surface area contributed by atoms with Gasteiger partial charge in [-0.2, -0.15) is 13.7 Å². The maximum atomic E-state index is 11.4. The molecule has 8 heteroatoms. The lowest BCUT2D eigenvalue weighted by Gasteiger charge is -1.95. The van der Waals surface area contributed by atoms with Gasteiger partial charge in [0.15, 0.2) is 6.19 Å². The van der Waals surface area contributed by atoms with Crippen molar-refractivity contribution in [1.29, 1.82) is 5.26 Å². The van der Waals surface area contributed by atoms with Gasteiger partial charge in [-0.3, -0.25) is 5.32 Å². The van der Waals surface area contributed by atoms with Gasteiger partial charge < -0.3 is 5.73 Å². The molecule has 0 aliphatic rings. The lowest BCUT2D eigenvalue weighted by atomic mass is 10.7. The fourth-order valence-electron chi connectivity index (χ4n) is 0.665. The van der Waals surface area contributed by atoms with Crippen molar-refractivity contribution in [1.82, 2.24) is 5.32 Å². The van der Waals surface area contributed by atoms with Crippen LogP contribution in [0.4, 0.5) is 0 Å². The van der Waals surface area contributed by atoms with Gasteiger partial charge in [-0.15, -0.1) is 15.7 Å². The van der Waals surface area contributed by atoms with E-state index < -0.39 is 16.0 Å². The third kappa shape index (κ3) is 2.45. The monoisotopic (exact) mass is 230 g/mol. The molecular formula is C6H6N4O2S2. The summed E-state index contributed by atoms with van der Waals surface area (Å²) in [6.07, 6.45) is 1.47. The molecule has 1 rings (SSSR count). The van der Waals surface area contributed by atoms with Crippen LogP contribution in [0.2, 0.25) is 0 Å². The zero-order valence-corrected chi connectivity index (χ0v) is 8.47. The van der Waals surface area contributed by atoms with Crippen molar-refractivity contribution >= 4 is 27.3 Å². The lowest BCUT2D eigenvalue weighted by Crippen LogP contribution is -2.28. The summed E-state index contributed by atoms with van der Waals surface area (Å²) in [6, 6.07) is 2.99. The summed E-state index contributed by atoms with van der Waals surface area (Å²) >= 11 is 1.03. The van der Waals surface area contributed by atoms with E-state index in [-0.39, 0.29) is 4.21 Å². The van der Waals surface area contributed by atoms with Crippen LogP contribution in [0, 0.1) is 11.5 Å². The number of thiophene rings is 1. The highest BCUT2D eigenvalue weighted by Gasteiger charge is 2.14. The van der Waals surface area contributed by atoms with Crippen LogP contribution >= 0.6 is 11.3 Å². The van der Waals surface area contributed by atoms with Crippen molar-refractivity contribution in [2.75, 3.05) is 0 Å². The van der Waals surface area contributed by atoms with Crippen LogP contribution in [0.25, 0.3) is 0 Å². The van der Waals surface area contributed by atoms with Crippen LogP contribution in [0.5, 0.6) is 0 Å². The first kappa shape index (κ1) is 10.5. The molecule has 0 bridgehead atoms. The molecule has 0 aliphatic carbocycles. The molecule has 0 fully saturated rings. The molecule has 1 heterocycles. The molecule has 0 aromatic carbocycles. The van der Waals surface area contributed by atoms with Gasteiger partial charge in [0.05, 0.1) is 0 Å². The predicted octanol–water partition coefficient (Wildman–Crippen LogP) is -0.178. The Kier molecular flexibility index (Phi) is 3.06. The van der Waals surface area contributed by atoms with Gasteiger partial charge in [0.2, 0.25) is 5.96 Å². The molecule has 3 N–H and O–H groups in total. The Morgan fingerprint density at radius 2 is 2.43 bits per heavy atom. The number of sulfonamides is 1. The standard InChI is InChI=1S/C6H6N4O2S2/c7-4-9-6(8)10-14(11,12)5-2-1-3-13-5/h1-3H,(H3,8,9,10). The Morgan fingerprint density at radius 1 is 1.71 bits per heavy atom. The number of nitrogens with one attached hydrogen (secondary N) is 1. The Labute approximate surface area is 84.7 Å². The molecule has 6 nitrogen and oxygen atoms in total. The Hall–Kier alpha value is -1.59. The normalized spacial score (nSPS) is 12.1. The highest BCUT2D eigenvalue weighted by Crippen LogP contribution is 2.17. The van der Waals surface area contributed by atoms with Crippen molar-refractivity contribution < 1.29 is 8.42 Å². The van der Waals surface area contributed by atoms with Crippen LogP contribution in [0.3, 0.4) is 0 Å². The van der Waals surface area contributed by atoms with Crippen LogP contribution < -0.4 is 11.1 Å². The van der Waals surface area contributed by atoms with E-state index in [1.165, 1.54) is 12.3 Å². The number of rotatable bonds is 2. The van der Waals surface area contributed by atoms with E-state index in [0.29, 0.717) is 0 Å². The van der Waals surface area contributed by atoms with E-state index >= 15 is 0 Å². The lowest BCUT2D eigenvalue weighted by molar-refractivity contribution is 0.600. The molecule has 0 radical (unpaired) electrons. The second kappa shape index (κ2) is 4.08. The molecule has 0 unspecified atom stereocenters. The van der Waals surface area contributed by atoms with Gasteiger partial charge in [0.25, 0.3) is 10.0 Å². The maximum absolute atomic E-state index is 11.4. The summed E-state index contributed by atoms with van der Waals surface area (Å²) < 4.78 is 26.0. The van der Waals surface area contributed by atoms with Crippen LogP contribution in [0.15, 0.2) is 26.1 Å². The second-order valence-electron chi connectivity index (χ2n) is 2.12. The summed E-state index contributed by atoms with van der Waals surface area (Å²) in [4.78, 5) is 0. The molecule has 0 aliphatic heterocycles. The first-order valence-corrected chi connectivity index (χ1v) is 5.67. The third-order valence-corrected chi connectivity index (χ3v) is 3.82. The van der Waals surface area contributed by atoms with Crippen molar-refractivity contribution in [3.05, 3.63) is 17.5 Å². The molecule has 0 amide bonds. The summed E-state index contributed by atoms with van der Waals surface area (Å²) in [5, 5.41) is 11.7. The fourth-order valence-corrected chi connectivity index (χ4v) is 2.52. The highest BCUT2D eigenvalue weighted by atomic mass is 32.2. The molecule has 0 atom stereocenters. The SMILES string of the molecule is N#CN/C(N)=N/S(=O)(=O)c1cccs1. The van der Waals surface area contributed by atoms with Gasteiger partial charge >= 0.3 is 0 Å². The number of guanidine groups is 1. The third-order valence-electron chi connectivity index (χ3n) is 1.15. The topological polar surface area (TPSA) is 108 Å². The minimum absolute atomic E-state index is 0.0835. The van der Waals surface area contributed by atoms with E-state index in [4.69, 9.17) is 11.0 Å². The quantitative estimate of drug-likeness (QED) is 0.317. The highest BCUT2D eigenvalue weighted by molar-refractivity contribution is 7.92. The Bertz CT molecular complexity index is 468. The Balaban J connectivity index is 3.01. The van der Waals surface area contributed by atoms with Crippen molar-refractivity contribution in [3.63, 3.8) is 0 Å². The van der Waals surface area contributed by atoms with Crippen LogP contribution in [-0.2, 0) is 10.0 Å². The fraction of sp³-hybridized carbons (Fsp3) is 0. The molecule has 74 valence electrons. The van der Waals surface area contributed by atoms with Gasteiger partial charge in [0, 0.05) is 0 Å². The van der Waals surface area contributed by atoms with Gasteiger partial charge in [-0.25, -0.2) is 0 Å².